The van der Waals surface area contributed by atoms with Crippen LogP contribution in [0.15, 0.2) is 0 Å². The fraction of sp³-hybridized carbons (Fsp3) is 0.944. The van der Waals surface area contributed by atoms with Gasteiger partial charge in [-0.15, -0.1) is 24.8 Å². The summed E-state index contributed by atoms with van der Waals surface area (Å²) in [6, 6.07) is 0.459. The number of rotatable bonds is 4. The van der Waals surface area contributed by atoms with Gasteiger partial charge in [0.25, 0.3) is 0 Å². The topological polar surface area (TPSA) is 67.6 Å². The van der Waals surface area contributed by atoms with E-state index in [9.17, 15) is 4.79 Å². The van der Waals surface area contributed by atoms with E-state index in [1.165, 1.54) is 25.7 Å². The predicted octanol–water partition coefficient (Wildman–Crippen LogP) is 1.82. The third kappa shape index (κ3) is 4.62. The molecule has 0 radical (unpaired) electrons. The van der Waals surface area contributed by atoms with E-state index in [2.05, 4.69) is 10.2 Å². The molecular weight excluding hydrogens is 361 g/mol. The minimum atomic E-state index is 0. The SMILES string of the molecule is Cl.Cl.NC1C2CCC(C2)C1C(=O)NC1CCN(CC2CCOC2)CC1. The molecule has 4 rings (SSSR count). The third-order valence-electron chi connectivity index (χ3n) is 6.76. The molecule has 2 aliphatic heterocycles. The van der Waals surface area contributed by atoms with Crippen LogP contribution in [0.2, 0.25) is 0 Å². The van der Waals surface area contributed by atoms with Crippen LogP contribution in [0.3, 0.4) is 0 Å². The lowest BCUT2D eigenvalue weighted by Gasteiger charge is -2.35. The molecular formula is C18H33Cl2N3O2. The van der Waals surface area contributed by atoms with E-state index >= 15 is 0 Å². The zero-order chi connectivity index (χ0) is 15.8. The van der Waals surface area contributed by atoms with Gasteiger partial charge in [-0.3, -0.25) is 4.79 Å². The molecule has 3 N–H and O–H groups in total. The fourth-order valence-corrected chi connectivity index (χ4v) is 5.37. The number of piperidine rings is 1. The highest BCUT2D eigenvalue weighted by molar-refractivity contribution is 5.85. The first-order valence-corrected chi connectivity index (χ1v) is 9.57. The van der Waals surface area contributed by atoms with Gasteiger partial charge < -0.3 is 20.7 Å². The van der Waals surface area contributed by atoms with Crippen molar-refractivity contribution < 1.29 is 9.53 Å². The van der Waals surface area contributed by atoms with Crippen LogP contribution in [0.25, 0.3) is 0 Å². The molecule has 5 unspecified atom stereocenters. The molecule has 4 aliphatic rings. The summed E-state index contributed by atoms with van der Waals surface area (Å²) in [7, 11) is 0. The molecule has 2 heterocycles. The predicted molar refractivity (Wildman–Crippen MR) is 103 cm³/mol. The van der Waals surface area contributed by atoms with E-state index < -0.39 is 0 Å². The average molecular weight is 394 g/mol. The maximum atomic E-state index is 12.7. The maximum absolute atomic E-state index is 12.7. The number of hydrogen-bond acceptors (Lipinski definition) is 4. The fourth-order valence-electron chi connectivity index (χ4n) is 5.37. The second-order valence-corrected chi connectivity index (χ2v) is 8.25. The van der Waals surface area contributed by atoms with E-state index in [4.69, 9.17) is 10.5 Å². The van der Waals surface area contributed by atoms with Gasteiger partial charge in [-0.25, -0.2) is 0 Å². The van der Waals surface area contributed by atoms with Crippen LogP contribution in [-0.4, -0.2) is 55.7 Å². The Morgan fingerprint density at radius 1 is 1.08 bits per heavy atom. The lowest BCUT2D eigenvalue weighted by molar-refractivity contribution is -0.128. The number of ether oxygens (including phenoxy) is 1. The Labute approximate surface area is 163 Å². The highest BCUT2D eigenvalue weighted by Gasteiger charge is 2.49. The Hall–Kier alpha value is -0.0700. The van der Waals surface area contributed by atoms with E-state index in [-0.39, 0.29) is 42.7 Å². The average Bonchev–Trinajstić information content (AvgIpc) is 3.26. The van der Waals surface area contributed by atoms with Gasteiger partial charge in [-0.2, -0.15) is 0 Å². The van der Waals surface area contributed by atoms with Gasteiger partial charge in [-0.1, -0.05) is 0 Å². The number of amides is 1. The largest absolute Gasteiger partial charge is 0.381 e. The van der Waals surface area contributed by atoms with Crippen molar-refractivity contribution in [2.24, 2.45) is 29.4 Å². The lowest BCUT2D eigenvalue weighted by Crippen LogP contribution is -2.51. The molecule has 146 valence electrons. The van der Waals surface area contributed by atoms with Gasteiger partial charge in [-0.05, 0) is 56.3 Å². The van der Waals surface area contributed by atoms with Gasteiger partial charge in [0.1, 0.15) is 0 Å². The third-order valence-corrected chi connectivity index (χ3v) is 6.76. The van der Waals surface area contributed by atoms with Gasteiger partial charge >= 0.3 is 0 Å². The minimum Gasteiger partial charge on any atom is -0.381 e. The van der Waals surface area contributed by atoms with Crippen molar-refractivity contribution in [3.05, 3.63) is 0 Å². The Bertz CT molecular complexity index is 438. The molecule has 5 nitrogen and oxygen atoms in total. The Morgan fingerprint density at radius 2 is 1.80 bits per heavy atom. The molecule has 2 bridgehead atoms. The van der Waals surface area contributed by atoms with Crippen LogP contribution in [-0.2, 0) is 9.53 Å². The summed E-state index contributed by atoms with van der Waals surface area (Å²) in [4.78, 5) is 15.2. The molecule has 4 fully saturated rings. The highest BCUT2D eigenvalue weighted by atomic mass is 35.5. The number of fused-ring (bicyclic) bond motifs is 2. The van der Waals surface area contributed by atoms with Crippen molar-refractivity contribution >= 4 is 30.7 Å². The van der Waals surface area contributed by atoms with Gasteiger partial charge in [0.2, 0.25) is 5.91 Å². The summed E-state index contributed by atoms with van der Waals surface area (Å²) >= 11 is 0. The van der Waals surface area contributed by atoms with Crippen LogP contribution in [0, 0.1) is 23.7 Å². The van der Waals surface area contributed by atoms with Crippen LogP contribution in [0.5, 0.6) is 0 Å². The molecule has 2 saturated heterocycles. The van der Waals surface area contributed by atoms with Crippen LogP contribution < -0.4 is 11.1 Å². The van der Waals surface area contributed by atoms with Gasteiger partial charge in [0, 0.05) is 38.3 Å². The van der Waals surface area contributed by atoms with Crippen molar-refractivity contribution in [1.82, 2.24) is 10.2 Å². The van der Waals surface area contributed by atoms with Crippen LogP contribution >= 0.6 is 24.8 Å². The van der Waals surface area contributed by atoms with Crippen molar-refractivity contribution in [2.45, 2.75) is 50.6 Å². The summed E-state index contributed by atoms with van der Waals surface area (Å²) in [5, 5.41) is 3.32. The molecule has 0 aromatic carbocycles. The van der Waals surface area contributed by atoms with E-state index in [0.29, 0.717) is 23.8 Å². The Balaban J connectivity index is 0.00000113. The summed E-state index contributed by atoms with van der Waals surface area (Å²) in [6.07, 6.45) is 6.99. The van der Waals surface area contributed by atoms with Crippen LogP contribution in [0.4, 0.5) is 0 Å². The van der Waals surface area contributed by atoms with Crippen molar-refractivity contribution in [3.63, 3.8) is 0 Å². The van der Waals surface area contributed by atoms with Crippen molar-refractivity contribution in [2.75, 3.05) is 32.8 Å². The number of hydrogen-bond donors (Lipinski definition) is 2. The molecule has 0 aromatic heterocycles. The smallest absolute Gasteiger partial charge is 0.225 e. The molecule has 2 aliphatic carbocycles. The molecule has 1 amide bonds. The first kappa shape index (κ1) is 21.2. The quantitative estimate of drug-likeness (QED) is 0.764. The van der Waals surface area contributed by atoms with Crippen molar-refractivity contribution in [3.8, 4) is 0 Å². The number of likely N-dealkylation sites (tertiary alicyclic amines) is 1. The molecule has 25 heavy (non-hydrogen) atoms. The standard InChI is InChI=1S/C18H31N3O2.2ClH/c19-17-14-2-1-13(9-14)16(17)18(22)20-15-3-6-21(7-4-15)10-12-5-8-23-11-12;;/h12-17H,1-11,19H2,(H,20,22);2*1H. The van der Waals surface area contributed by atoms with Crippen molar-refractivity contribution in [1.29, 1.82) is 0 Å². The van der Waals surface area contributed by atoms with Gasteiger partial charge in [0.05, 0.1) is 12.5 Å². The summed E-state index contributed by atoms with van der Waals surface area (Å²) < 4.78 is 5.47. The molecule has 7 heteroatoms. The Morgan fingerprint density at radius 3 is 2.40 bits per heavy atom. The van der Waals surface area contributed by atoms with Crippen LogP contribution in [0.1, 0.15) is 38.5 Å². The molecule has 5 atom stereocenters. The summed E-state index contributed by atoms with van der Waals surface area (Å²) in [5.41, 5.74) is 6.30. The zero-order valence-electron chi connectivity index (χ0n) is 14.9. The number of carbonyl (C=O) groups is 1. The van der Waals surface area contributed by atoms with E-state index in [1.807, 2.05) is 0 Å². The number of halogens is 2. The summed E-state index contributed by atoms with van der Waals surface area (Å²) in [5.74, 6) is 2.20. The molecule has 2 saturated carbocycles. The number of nitrogens with one attached hydrogen (secondary N) is 1. The summed E-state index contributed by atoms with van der Waals surface area (Å²) in [6.45, 7) is 5.23. The van der Waals surface area contributed by atoms with Gasteiger partial charge in [0.15, 0.2) is 0 Å². The van der Waals surface area contributed by atoms with E-state index in [1.54, 1.807) is 0 Å². The highest BCUT2D eigenvalue weighted by Crippen LogP contribution is 2.47. The number of nitrogens with zero attached hydrogens (tertiary/aromatic N) is 1. The second kappa shape index (κ2) is 9.23. The van der Waals surface area contributed by atoms with E-state index in [0.717, 1.165) is 45.7 Å². The second-order valence-electron chi connectivity index (χ2n) is 8.25. The Kier molecular flexibility index (Phi) is 7.84. The number of nitrogens with two attached hydrogens (primary N) is 1. The monoisotopic (exact) mass is 393 g/mol. The lowest BCUT2D eigenvalue weighted by atomic mass is 9.84. The first-order valence-electron chi connectivity index (χ1n) is 9.57. The number of carbonyl (C=O) groups excluding carboxylic acids is 1. The molecule has 0 spiro atoms. The molecule has 0 aromatic rings. The maximum Gasteiger partial charge on any atom is 0.225 e. The first-order chi connectivity index (χ1) is 11.2. The normalized spacial score (nSPS) is 38.2. The minimum absolute atomic E-state index is 0. The zero-order valence-corrected chi connectivity index (χ0v) is 16.5.